The summed E-state index contributed by atoms with van der Waals surface area (Å²) in [7, 11) is 0. The molecule has 4 rings (SSSR count). The molecule has 1 saturated heterocycles. The normalized spacial score (nSPS) is 24.0. The van der Waals surface area contributed by atoms with Crippen molar-refractivity contribution in [3.63, 3.8) is 0 Å². The van der Waals surface area contributed by atoms with Crippen molar-refractivity contribution in [2.45, 2.75) is 50.6 Å². The SMILES string of the molecule is C[C@H]1CC[C@H](NC(=O)N2CCC(n3cccn3)CC2)c2ccccc21. The van der Waals surface area contributed by atoms with Crippen LogP contribution in [0.5, 0.6) is 0 Å². The number of likely N-dealkylation sites (tertiary alicyclic amines) is 1. The molecule has 1 aliphatic carbocycles. The van der Waals surface area contributed by atoms with Gasteiger partial charge in [-0.3, -0.25) is 4.68 Å². The molecule has 1 N–H and O–H groups in total. The van der Waals surface area contributed by atoms with Crippen LogP contribution in [0.25, 0.3) is 0 Å². The van der Waals surface area contributed by atoms with E-state index < -0.39 is 0 Å². The number of aromatic nitrogens is 2. The zero-order chi connectivity index (χ0) is 17.2. The number of urea groups is 1. The number of nitrogens with one attached hydrogen (secondary N) is 1. The highest BCUT2D eigenvalue weighted by molar-refractivity contribution is 5.75. The minimum atomic E-state index is 0.0771. The van der Waals surface area contributed by atoms with Gasteiger partial charge in [-0.1, -0.05) is 31.2 Å². The number of fused-ring (bicyclic) bond motifs is 1. The van der Waals surface area contributed by atoms with E-state index >= 15 is 0 Å². The molecule has 2 atom stereocenters. The topological polar surface area (TPSA) is 50.2 Å². The van der Waals surface area contributed by atoms with Gasteiger partial charge in [0.1, 0.15) is 0 Å². The van der Waals surface area contributed by atoms with Gasteiger partial charge in [-0.25, -0.2) is 4.79 Å². The van der Waals surface area contributed by atoms with Crippen LogP contribution in [0.1, 0.15) is 61.7 Å². The van der Waals surface area contributed by atoms with Crippen molar-refractivity contribution in [1.82, 2.24) is 20.0 Å². The second-order valence-corrected chi connectivity index (χ2v) is 7.31. The number of hydrogen-bond acceptors (Lipinski definition) is 2. The first kappa shape index (κ1) is 16.2. The van der Waals surface area contributed by atoms with E-state index in [-0.39, 0.29) is 12.1 Å². The maximum atomic E-state index is 12.7. The Hall–Kier alpha value is -2.30. The maximum absolute atomic E-state index is 12.7. The van der Waals surface area contributed by atoms with E-state index in [9.17, 15) is 4.79 Å². The van der Waals surface area contributed by atoms with Gasteiger partial charge in [0.05, 0.1) is 12.1 Å². The Kier molecular flexibility index (Phi) is 4.47. The highest BCUT2D eigenvalue weighted by Gasteiger charge is 2.29. The molecule has 5 heteroatoms. The van der Waals surface area contributed by atoms with E-state index in [1.807, 2.05) is 28.0 Å². The van der Waals surface area contributed by atoms with Crippen molar-refractivity contribution in [1.29, 1.82) is 0 Å². The van der Waals surface area contributed by atoms with Gasteiger partial charge < -0.3 is 10.2 Å². The molecule has 0 spiro atoms. The number of carbonyl (C=O) groups is 1. The van der Waals surface area contributed by atoms with Crippen LogP contribution in [0.2, 0.25) is 0 Å². The van der Waals surface area contributed by atoms with E-state index in [2.05, 4.69) is 41.6 Å². The van der Waals surface area contributed by atoms with Gasteiger partial charge in [0.25, 0.3) is 0 Å². The number of carbonyl (C=O) groups excluding carboxylic acids is 1. The fourth-order valence-corrected chi connectivity index (χ4v) is 4.23. The van der Waals surface area contributed by atoms with Crippen LogP contribution in [-0.4, -0.2) is 33.8 Å². The molecule has 2 aromatic rings. The summed E-state index contributed by atoms with van der Waals surface area (Å²) >= 11 is 0. The highest BCUT2D eigenvalue weighted by Crippen LogP contribution is 2.37. The number of piperidine rings is 1. The van der Waals surface area contributed by atoms with Gasteiger partial charge in [0, 0.05) is 25.5 Å². The number of hydrogen-bond donors (Lipinski definition) is 1. The lowest BCUT2D eigenvalue weighted by atomic mass is 9.81. The van der Waals surface area contributed by atoms with Gasteiger partial charge in [-0.05, 0) is 48.8 Å². The van der Waals surface area contributed by atoms with Crippen molar-refractivity contribution in [2.75, 3.05) is 13.1 Å². The zero-order valence-electron chi connectivity index (χ0n) is 14.8. The Morgan fingerprint density at radius 3 is 2.56 bits per heavy atom. The standard InChI is InChI=1S/C20H26N4O/c1-15-7-8-19(18-6-3-2-5-17(15)18)22-20(25)23-13-9-16(10-14-23)24-12-4-11-21-24/h2-6,11-12,15-16,19H,7-10,13-14H2,1H3,(H,22,25)/t15-,19-/m0/s1. The molecule has 0 radical (unpaired) electrons. The quantitative estimate of drug-likeness (QED) is 0.904. The summed E-state index contributed by atoms with van der Waals surface area (Å²) in [5.74, 6) is 0.578. The minimum absolute atomic E-state index is 0.0771. The fourth-order valence-electron chi connectivity index (χ4n) is 4.23. The second kappa shape index (κ2) is 6.90. The third-order valence-corrected chi connectivity index (χ3v) is 5.74. The largest absolute Gasteiger partial charge is 0.331 e. The predicted octanol–water partition coefficient (Wildman–Crippen LogP) is 3.87. The van der Waals surface area contributed by atoms with Crippen LogP contribution in [0.4, 0.5) is 4.79 Å². The Bertz CT molecular complexity index is 719. The molecule has 132 valence electrons. The van der Waals surface area contributed by atoms with Crippen molar-refractivity contribution in [3.05, 3.63) is 53.9 Å². The van der Waals surface area contributed by atoms with Crippen LogP contribution in [0, 0.1) is 0 Å². The van der Waals surface area contributed by atoms with Crippen LogP contribution >= 0.6 is 0 Å². The molecule has 2 heterocycles. The predicted molar refractivity (Wildman–Crippen MR) is 97.4 cm³/mol. The Morgan fingerprint density at radius 2 is 1.84 bits per heavy atom. The molecule has 25 heavy (non-hydrogen) atoms. The van der Waals surface area contributed by atoms with Gasteiger partial charge in [0.2, 0.25) is 0 Å². The Morgan fingerprint density at radius 1 is 1.08 bits per heavy atom. The molecule has 5 nitrogen and oxygen atoms in total. The molecular formula is C20H26N4O. The summed E-state index contributed by atoms with van der Waals surface area (Å²) < 4.78 is 2.02. The lowest BCUT2D eigenvalue weighted by Crippen LogP contribution is -2.46. The summed E-state index contributed by atoms with van der Waals surface area (Å²) in [6.45, 7) is 3.86. The Balaban J connectivity index is 1.38. The fraction of sp³-hybridized carbons (Fsp3) is 0.500. The van der Waals surface area contributed by atoms with Gasteiger partial charge in [-0.15, -0.1) is 0 Å². The number of rotatable bonds is 2. The molecule has 0 saturated carbocycles. The molecular weight excluding hydrogens is 312 g/mol. The molecule has 1 fully saturated rings. The second-order valence-electron chi connectivity index (χ2n) is 7.31. The monoisotopic (exact) mass is 338 g/mol. The van der Waals surface area contributed by atoms with Gasteiger partial charge in [-0.2, -0.15) is 5.10 Å². The summed E-state index contributed by atoms with van der Waals surface area (Å²) in [5, 5.41) is 7.61. The molecule has 2 amide bonds. The summed E-state index contributed by atoms with van der Waals surface area (Å²) in [6.07, 6.45) is 7.92. The lowest BCUT2D eigenvalue weighted by Gasteiger charge is -2.35. The molecule has 1 aromatic heterocycles. The Labute approximate surface area is 149 Å². The van der Waals surface area contributed by atoms with E-state index in [4.69, 9.17) is 0 Å². The average molecular weight is 338 g/mol. The van der Waals surface area contributed by atoms with Crippen LogP contribution in [0.15, 0.2) is 42.7 Å². The smallest absolute Gasteiger partial charge is 0.317 e. The van der Waals surface area contributed by atoms with E-state index in [1.54, 1.807) is 0 Å². The van der Waals surface area contributed by atoms with Gasteiger partial charge >= 0.3 is 6.03 Å². The van der Waals surface area contributed by atoms with Gasteiger partial charge in [0.15, 0.2) is 0 Å². The van der Waals surface area contributed by atoms with Crippen molar-refractivity contribution in [3.8, 4) is 0 Å². The van der Waals surface area contributed by atoms with E-state index in [1.165, 1.54) is 11.1 Å². The maximum Gasteiger partial charge on any atom is 0.317 e. The molecule has 1 aliphatic heterocycles. The summed E-state index contributed by atoms with van der Waals surface area (Å²) in [5.41, 5.74) is 2.68. The number of amides is 2. The lowest BCUT2D eigenvalue weighted by molar-refractivity contribution is 0.164. The van der Waals surface area contributed by atoms with Crippen molar-refractivity contribution >= 4 is 6.03 Å². The molecule has 0 bridgehead atoms. The van der Waals surface area contributed by atoms with E-state index in [0.717, 1.165) is 38.8 Å². The van der Waals surface area contributed by atoms with Crippen molar-refractivity contribution < 1.29 is 4.79 Å². The highest BCUT2D eigenvalue weighted by atomic mass is 16.2. The minimum Gasteiger partial charge on any atom is -0.331 e. The zero-order valence-corrected chi connectivity index (χ0v) is 14.8. The summed E-state index contributed by atoms with van der Waals surface area (Å²) in [6, 6.07) is 11.1. The third kappa shape index (κ3) is 3.28. The van der Waals surface area contributed by atoms with Crippen LogP contribution in [0.3, 0.4) is 0 Å². The van der Waals surface area contributed by atoms with Crippen LogP contribution in [-0.2, 0) is 0 Å². The van der Waals surface area contributed by atoms with Crippen molar-refractivity contribution in [2.24, 2.45) is 0 Å². The number of benzene rings is 1. The average Bonchev–Trinajstić information content (AvgIpc) is 3.19. The number of nitrogens with zero attached hydrogens (tertiary/aromatic N) is 3. The first-order chi connectivity index (χ1) is 12.2. The summed E-state index contributed by atoms with van der Waals surface area (Å²) in [4.78, 5) is 14.7. The van der Waals surface area contributed by atoms with E-state index in [0.29, 0.717) is 12.0 Å². The third-order valence-electron chi connectivity index (χ3n) is 5.74. The molecule has 0 unspecified atom stereocenters. The van der Waals surface area contributed by atoms with Crippen LogP contribution < -0.4 is 5.32 Å². The first-order valence-corrected chi connectivity index (χ1v) is 9.36. The molecule has 2 aliphatic rings. The first-order valence-electron chi connectivity index (χ1n) is 9.36. The molecule has 1 aromatic carbocycles.